The summed E-state index contributed by atoms with van der Waals surface area (Å²) in [6, 6.07) is 0. The molecule has 1 saturated carbocycles. The fraction of sp³-hybridized carbons (Fsp3) is 0.967. The van der Waals surface area contributed by atoms with Gasteiger partial charge < -0.3 is 19.3 Å². The van der Waals surface area contributed by atoms with E-state index in [4.69, 9.17) is 9.47 Å². The van der Waals surface area contributed by atoms with Crippen molar-refractivity contribution in [2.75, 3.05) is 39.3 Å². The van der Waals surface area contributed by atoms with Crippen LogP contribution in [0.4, 0.5) is 0 Å². The Balaban J connectivity index is 2.43. The van der Waals surface area contributed by atoms with Crippen LogP contribution in [0.1, 0.15) is 323 Å². The van der Waals surface area contributed by atoms with Gasteiger partial charge in [0.15, 0.2) is 0 Å². The zero-order valence-corrected chi connectivity index (χ0v) is 45.5. The lowest BCUT2D eigenvalue weighted by molar-refractivity contribution is -0.158. The average molecular weight is 932 g/mol. The number of nitrogens with zero attached hydrogens (tertiary/aromatic N) is 2. The van der Waals surface area contributed by atoms with E-state index in [1.165, 1.54) is 257 Å². The van der Waals surface area contributed by atoms with Gasteiger partial charge in [0.05, 0.1) is 12.8 Å². The molecule has 0 bridgehead atoms. The van der Waals surface area contributed by atoms with Crippen molar-refractivity contribution in [3.05, 3.63) is 0 Å². The van der Waals surface area contributed by atoms with Crippen molar-refractivity contribution >= 4 is 11.9 Å². The molecule has 0 saturated heterocycles. The molecule has 1 fully saturated rings. The first-order valence-electron chi connectivity index (χ1n) is 30.4. The molecule has 392 valence electrons. The number of carbonyl (C=O) groups excluding carboxylic acids is 2. The molecular weight excluding hydrogens is 813 g/mol. The molecule has 0 amide bonds. The van der Waals surface area contributed by atoms with Gasteiger partial charge in [-0.15, -0.1) is 0 Å². The van der Waals surface area contributed by atoms with Crippen molar-refractivity contribution in [3.63, 3.8) is 0 Å². The van der Waals surface area contributed by atoms with Gasteiger partial charge in [0.2, 0.25) is 0 Å². The Bertz CT molecular complexity index is 873. The molecule has 0 atom stereocenters. The van der Waals surface area contributed by atoms with Crippen LogP contribution in [0.15, 0.2) is 0 Å². The minimum Gasteiger partial charge on any atom is -0.462 e. The largest absolute Gasteiger partial charge is 0.462 e. The molecule has 0 aromatic rings. The monoisotopic (exact) mass is 931 g/mol. The zero-order valence-electron chi connectivity index (χ0n) is 45.5. The lowest BCUT2D eigenvalue weighted by atomic mass is 9.95. The highest BCUT2D eigenvalue weighted by atomic mass is 16.6. The fourth-order valence-corrected chi connectivity index (χ4v) is 10.2. The van der Waals surface area contributed by atoms with Gasteiger partial charge in [0.25, 0.3) is 0 Å². The first kappa shape index (κ1) is 62.9. The quantitative estimate of drug-likeness (QED) is 0.0447. The number of esters is 2. The maximum absolute atomic E-state index is 13.1. The summed E-state index contributed by atoms with van der Waals surface area (Å²) in [5, 5.41) is 0. The van der Waals surface area contributed by atoms with E-state index in [2.05, 4.69) is 37.5 Å². The number of hydrogen-bond acceptors (Lipinski definition) is 6. The Morgan fingerprint density at radius 3 is 0.667 bits per heavy atom. The molecule has 1 aliphatic rings. The van der Waals surface area contributed by atoms with Crippen molar-refractivity contribution in [2.24, 2.45) is 0 Å². The van der Waals surface area contributed by atoms with Crippen LogP contribution >= 0.6 is 0 Å². The number of unbranched alkanes of at least 4 members (excludes halogenated alkanes) is 36. The van der Waals surface area contributed by atoms with Gasteiger partial charge in [-0.1, -0.05) is 259 Å². The van der Waals surface area contributed by atoms with Crippen LogP contribution in [0.3, 0.4) is 0 Å². The summed E-state index contributed by atoms with van der Waals surface area (Å²) in [4.78, 5) is 31.4. The number of ether oxygens (including phenoxy) is 2. The topological polar surface area (TPSA) is 59.1 Å². The maximum atomic E-state index is 13.1. The summed E-state index contributed by atoms with van der Waals surface area (Å²) < 4.78 is 12.1. The second-order valence-electron chi connectivity index (χ2n) is 21.3. The van der Waals surface area contributed by atoms with E-state index < -0.39 is 0 Å². The lowest BCUT2D eigenvalue weighted by Gasteiger charge is -2.29. The number of hydrogen-bond donors (Lipinski definition) is 0. The molecule has 0 aromatic heterocycles. The van der Waals surface area contributed by atoms with E-state index in [9.17, 15) is 9.59 Å². The van der Waals surface area contributed by atoms with Gasteiger partial charge >= 0.3 is 11.9 Å². The van der Waals surface area contributed by atoms with E-state index in [-0.39, 0.29) is 24.1 Å². The van der Waals surface area contributed by atoms with Gasteiger partial charge in [0.1, 0.15) is 12.2 Å². The summed E-state index contributed by atoms with van der Waals surface area (Å²) in [6.45, 7) is 15.2. The Morgan fingerprint density at radius 2 is 0.470 bits per heavy atom. The number of carbonyl (C=O) groups is 2. The normalized spacial score (nSPS) is 15.3. The van der Waals surface area contributed by atoms with Crippen molar-refractivity contribution in [3.8, 4) is 0 Å². The Labute approximate surface area is 413 Å². The van der Waals surface area contributed by atoms with Gasteiger partial charge in [0, 0.05) is 13.1 Å². The minimum absolute atomic E-state index is 0.0394. The first-order valence-corrected chi connectivity index (χ1v) is 30.4. The Hall–Kier alpha value is -1.14. The predicted octanol–water partition coefficient (Wildman–Crippen LogP) is 18.5. The summed E-state index contributed by atoms with van der Waals surface area (Å²) in [7, 11) is 0. The molecule has 1 aliphatic carbocycles. The SMILES string of the molecule is CCCCCCCCCCCCN(CCCCCCCCCCCC)CCC(=O)O[C@H]1CC[C@H](OC(=O)CCN(CCCCCCCCCCCC)CCCCCCCCCCCC)CC1. The van der Waals surface area contributed by atoms with E-state index in [0.717, 1.165) is 65.0 Å². The molecule has 0 aromatic carbocycles. The highest BCUT2D eigenvalue weighted by molar-refractivity contribution is 5.70. The van der Waals surface area contributed by atoms with Crippen LogP contribution in [0.25, 0.3) is 0 Å². The van der Waals surface area contributed by atoms with Crippen molar-refractivity contribution < 1.29 is 19.1 Å². The molecule has 0 N–H and O–H groups in total. The molecular formula is C60H118N2O4. The van der Waals surface area contributed by atoms with E-state index >= 15 is 0 Å². The smallest absolute Gasteiger partial charge is 0.307 e. The standard InChI is InChI=1S/C60H118N2O4/c1-5-9-13-17-21-25-29-33-37-41-51-61(52-42-38-34-30-26-22-18-14-10-6-2)55-49-59(63)65-57-45-47-58(48-46-57)66-60(64)50-56-62(53-43-39-35-31-27-23-19-15-11-7-3)54-44-40-36-32-28-24-20-16-12-8-4/h57-58H,5-56H2,1-4H3/t57-,58-. The predicted molar refractivity (Wildman–Crippen MR) is 288 cm³/mol. The second kappa shape index (κ2) is 50.3. The first-order chi connectivity index (χ1) is 32.5. The maximum Gasteiger partial charge on any atom is 0.307 e. The molecule has 0 spiro atoms. The van der Waals surface area contributed by atoms with Crippen LogP contribution in [-0.4, -0.2) is 73.2 Å². The summed E-state index contributed by atoms with van der Waals surface area (Å²) in [5.41, 5.74) is 0. The third-order valence-corrected chi connectivity index (χ3v) is 14.8. The molecule has 1 rings (SSSR count). The lowest BCUT2D eigenvalue weighted by Crippen LogP contribution is -2.33. The van der Waals surface area contributed by atoms with Gasteiger partial charge in [-0.05, 0) is 77.5 Å². The molecule has 0 heterocycles. The van der Waals surface area contributed by atoms with Gasteiger partial charge in [-0.25, -0.2) is 0 Å². The summed E-state index contributed by atoms with van der Waals surface area (Å²) >= 11 is 0. The third kappa shape index (κ3) is 42.9. The minimum atomic E-state index is -0.0449. The van der Waals surface area contributed by atoms with Crippen LogP contribution in [0, 0.1) is 0 Å². The van der Waals surface area contributed by atoms with Gasteiger partial charge in [-0.2, -0.15) is 0 Å². The summed E-state index contributed by atoms with van der Waals surface area (Å²) in [6.07, 6.45) is 58.4. The Kier molecular flexibility index (Phi) is 47.9. The van der Waals surface area contributed by atoms with Crippen molar-refractivity contribution in [1.29, 1.82) is 0 Å². The fourth-order valence-electron chi connectivity index (χ4n) is 10.2. The molecule has 0 aliphatic heterocycles. The number of rotatable bonds is 52. The van der Waals surface area contributed by atoms with E-state index in [1.807, 2.05) is 0 Å². The van der Waals surface area contributed by atoms with Gasteiger partial charge in [-0.3, -0.25) is 9.59 Å². The molecule has 6 nitrogen and oxygen atoms in total. The summed E-state index contributed by atoms with van der Waals surface area (Å²) in [5.74, 6) is -0.0898. The molecule has 66 heavy (non-hydrogen) atoms. The third-order valence-electron chi connectivity index (χ3n) is 14.8. The van der Waals surface area contributed by atoms with Crippen LogP contribution < -0.4 is 0 Å². The molecule has 0 unspecified atom stereocenters. The van der Waals surface area contributed by atoms with Crippen molar-refractivity contribution in [1.82, 2.24) is 9.80 Å². The van der Waals surface area contributed by atoms with Crippen LogP contribution in [-0.2, 0) is 19.1 Å². The Morgan fingerprint density at radius 1 is 0.288 bits per heavy atom. The second-order valence-corrected chi connectivity index (χ2v) is 21.3. The molecule has 0 radical (unpaired) electrons. The zero-order chi connectivity index (χ0) is 47.6. The van der Waals surface area contributed by atoms with Crippen molar-refractivity contribution in [2.45, 2.75) is 335 Å². The highest BCUT2D eigenvalue weighted by Gasteiger charge is 2.26. The average Bonchev–Trinajstić information content (AvgIpc) is 3.32. The highest BCUT2D eigenvalue weighted by Crippen LogP contribution is 2.25. The van der Waals surface area contributed by atoms with E-state index in [0.29, 0.717) is 12.8 Å². The van der Waals surface area contributed by atoms with Crippen LogP contribution in [0.5, 0.6) is 0 Å². The molecule has 6 heteroatoms. The van der Waals surface area contributed by atoms with E-state index in [1.54, 1.807) is 0 Å². The van der Waals surface area contributed by atoms with Crippen LogP contribution in [0.2, 0.25) is 0 Å².